The molecule has 1 aromatic rings. The fourth-order valence-corrected chi connectivity index (χ4v) is 2.33. The highest BCUT2D eigenvalue weighted by molar-refractivity contribution is 5.95. The number of nitrogens with zero attached hydrogens (tertiary/aromatic N) is 2. The van der Waals surface area contributed by atoms with Crippen LogP contribution in [0.15, 0.2) is 6.20 Å². The maximum Gasteiger partial charge on any atom is 0.394 e. The van der Waals surface area contributed by atoms with Crippen molar-refractivity contribution < 1.29 is 22.8 Å². The van der Waals surface area contributed by atoms with Gasteiger partial charge < -0.3 is 10.6 Å². The summed E-state index contributed by atoms with van der Waals surface area (Å²) in [4.78, 5) is 24.3. The van der Waals surface area contributed by atoms with Crippen LogP contribution >= 0.6 is 0 Å². The van der Waals surface area contributed by atoms with E-state index in [1.54, 1.807) is 6.92 Å². The van der Waals surface area contributed by atoms with E-state index >= 15 is 0 Å². The van der Waals surface area contributed by atoms with Crippen LogP contribution in [0.2, 0.25) is 0 Å². The summed E-state index contributed by atoms with van der Waals surface area (Å²) in [5, 5.41) is 6.19. The molecule has 0 aromatic carbocycles. The predicted octanol–water partition coefficient (Wildman–Crippen LogP) is 0.454. The zero-order chi connectivity index (χ0) is 15.1. The van der Waals surface area contributed by atoms with E-state index in [0.29, 0.717) is 5.69 Å². The lowest BCUT2D eigenvalue weighted by atomic mass is 9.95. The second-order valence-corrected chi connectivity index (χ2v) is 4.78. The molecule has 1 aromatic heterocycles. The third kappa shape index (κ3) is 2.47. The van der Waals surface area contributed by atoms with Crippen molar-refractivity contribution in [1.82, 2.24) is 15.1 Å². The van der Waals surface area contributed by atoms with Crippen molar-refractivity contribution in [3.63, 3.8) is 0 Å². The van der Waals surface area contributed by atoms with E-state index in [0.717, 1.165) is 4.90 Å². The molecule has 110 valence electrons. The van der Waals surface area contributed by atoms with Gasteiger partial charge in [-0.3, -0.25) is 14.7 Å². The number of aromatic nitrogens is 2. The molecule has 0 bridgehead atoms. The first kappa shape index (κ1) is 14.4. The number of halogens is 3. The van der Waals surface area contributed by atoms with Crippen molar-refractivity contribution in [1.29, 1.82) is 0 Å². The average Bonchev–Trinajstić information content (AvgIpc) is 2.92. The summed E-state index contributed by atoms with van der Waals surface area (Å²) < 4.78 is 38.6. The lowest BCUT2D eigenvalue weighted by Crippen LogP contribution is -2.37. The van der Waals surface area contributed by atoms with Gasteiger partial charge in [0.1, 0.15) is 0 Å². The highest BCUT2D eigenvalue weighted by Crippen LogP contribution is 2.37. The largest absolute Gasteiger partial charge is 0.394 e. The molecule has 1 aliphatic rings. The molecule has 0 spiro atoms. The third-order valence-electron chi connectivity index (χ3n) is 3.45. The number of aryl methyl sites for hydroxylation is 1. The van der Waals surface area contributed by atoms with Crippen LogP contribution in [0.1, 0.15) is 16.1 Å². The zero-order valence-electron chi connectivity index (χ0n) is 10.6. The molecule has 2 amide bonds. The number of likely N-dealkylation sites (tertiary alicyclic amines) is 1. The SMILES string of the molecule is Cc1[nH]ncc1C(=O)N1C[C@@H](C(F)(F)F)[C@H](C(N)=O)C1. The summed E-state index contributed by atoms with van der Waals surface area (Å²) in [6, 6.07) is 0. The van der Waals surface area contributed by atoms with Crippen LogP contribution in [0.25, 0.3) is 0 Å². The molecule has 1 aliphatic heterocycles. The number of H-pyrrole nitrogens is 1. The van der Waals surface area contributed by atoms with Crippen molar-refractivity contribution in [2.24, 2.45) is 17.6 Å². The van der Waals surface area contributed by atoms with E-state index in [1.165, 1.54) is 6.20 Å². The fourth-order valence-electron chi connectivity index (χ4n) is 2.33. The first-order valence-electron chi connectivity index (χ1n) is 5.87. The number of carbonyl (C=O) groups excluding carboxylic acids is 2. The third-order valence-corrected chi connectivity index (χ3v) is 3.45. The number of carbonyl (C=O) groups is 2. The van der Waals surface area contributed by atoms with E-state index in [-0.39, 0.29) is 12.1 Å². The summed E-state index contributed by atoms with van der Waals surface area (Å²) in [5.41, 5.74) is 5.65. The monoisotopic (exact) mass is 290 g/mol. The number of nitrogens with one attached hydrogen (secondary N) is 1. The average molecular weight is 290 g/mol. The van der Waals surface area contributed by atoms with Gasteiger partial charge in [0.25, 0.3) is 5.91 Å². The van der Waals surface area contributed by atoms with Crippen LogP contribution in [-0.2, 0) is 4.79 Å². The molecule has 0 radical (unpaired) electrons. The van der Waals surface area contributed by atoms with Gasteiger partial charge in [-0.25, -0.2) is 0 Å². The first-order chi connectivity index (χ1) is 9.21. The van der Waals surface area contributed by atoms with Crippen molar-refractivity contribution in [3.05, 3.63) is 17.5 Å². The molecule has 0 saturated carbocycles. The van der Waals surface area contributed by atoms with Crippen LogP contribution in [-0.4, -0.2) is 46.2 Å². The standard InChI is InChI=1S/C11H13F3N4O2/c1-5-6(2-16-17-5)10(20)18-3-7(9(15)19)8(4-18)11(12,13)14/h2,7-8H,3-4H2,1H3,(H2,15,19)(H,16,17)/t7-,8-/m1/s1. The Morgan fingerprint density at radius 2 is 2.10 bits per heavy atom. The van der Waals surface area contributed by atoms with Crippen LogP contribution in [0, 0.1) is 18.8 Å². The molecule has 20 heavy (non-hydrogen) atoms. The minimum absolute atomic E-state index is 0.191. The fraction of sp³-hybridized carbons (Fsp3) is 0.545. The molecule has 3 N–H and O–H groups in total. The normalized spacial score (nSPS) is 23.1. The Labute approximate surface area is 112 Å². The van der Waals surface area contributed by atoms with Crippen LogP contribution in [0.4, 0.5) is 13.2 Å². The zero-order valence-corrected chi connectivity index (χ0v) is 10.6. The molecule has 1 fully saturated rings. The number of alkyl halides is 3. The number of hydrogen-bond acceptors (Lipinski definition) is 3. The molecule has 0 aliphatic carbocycles. The predicted molar refractivity (Wildman–Crippen MR) is 61.5 cm³/mol. The van der Waals surface area contributed by atoms with E-state index in [9.17, 15) is 22.8 Å². The van der Waals surface area contributed by atoms with Gasteiger partial charge in [-0.15, -0.1) is 0 Å². The summed E-state index contributed by atoms with van der Waals surface area (Å²) in [6.45, 7) is 0.687. The number of rotatable bonds is 2. The number of primary amides is 1. The van der Waals surface area contributed by atoms with Crippen molar-refractivity contribution in [2.45, 2.75) is 13.1 Å². The van der Waals surface area contributed by atoms with Gasteiger partial charge in [-0.05, 0) is 6.92 Å². The molecule has 1 saturated heterocycles. The summed E-state index contributed by atoms with van der Waals surface area (Å²) in [7, 11) is 0. The van der Waals surface area contributed by atoms with Gasteiger partial charge in [0.05, 0.1) is 23.6 Å². The van der Waals surface area contributed by atoms with Gasteiger partial charge in [0.2, 0.25) is 5.91 Å². The summed E-state index contributed by atoms with van der Waals surface area (Å²) >= 11 is 0. The lowest BCUT2D eigenvalue weighted by molar-refractivity contribution is -0.182. The van der Waals surface area contributed by atoms with Crippen LogP contribution < -0.4 is 5.73 Å². The Bertz CT molecular complexity index is 540. The number of nitrogens with two attached hydrogens (primary N) is 1. The second-order valence-electron chi connectivity index (χ2n) is 4.78. The van der Waals surface area contributed by atoms with Crippen molar-refractivity contribution in [2.75, 3.05) is 13.1 Å². The van der Waals surface area contributed by atoms with Gasteiger partial charge in [0.15, 0.2) is 0 Å². The smallest absolute Gasteiger partial charge is 0.369 e. The van der Waals surface area contributed by atoms with Crippen molar-refractivity contribution in [3.8, 4) is 0 Å². The molecule has 0 unspecified atom stereocenters. The van der Waals surface area contributed by atoms with E-state index in [2.05, 4.69) is 10.2 Å². The van der Waals surface area contributed by atoms with E-state index in [4.69, 9.17) is 5.73 Å². The minimum atomic E-state index is -4.57. The van der Waals surface area contributed by atoms with Gasteiger partial charge in [0, 0.05) is 18.8 Å². The number of hydrogen-bond donors (Lipinski definition) is 2. The topological polar surface area (TPSA) is 92.1 Å². The molecule has 6 nitrogen and oxygen atoms in total. The first-order valence-corrected chi connectivity index (χ1v) is 5.87. The highest BCUT2D eigenvalue weighted by atomic mass is 19.4. The Morgan fingerprint density at radius 3 is 2.50 bits per heavy atom. The van der Waals surface area contributed by atoms with Gasteiger partial charge in [-0.2, -0.15) is 18.3 Å². The van der Waals surface area contributed by atoms with Crippen molar-refractivity contribution >= 4 is 11.8 Å². The molecular formula is C11H13F3N4O2. The molecule has 2 atom stereocenters. The summed E-state index contributed by atoms with van der Waals surface area (Å²) in [6.07, 6.45) is -3.32. The minimum Gasteiger partial charge on any atom is -0.369 e. The lowest BCUT2D eigenvalue weighted by Gasteiger charge is -2.18. The second kappa shape index (κ2) is 4.80. The van der Waals surface area contributed by atoms with E-state index < -0.39 is 36.4 Å². The van der Waals surface area contributed by atoms with Gasteiger partial charge >= 0.3 is 6.18 Å². The molecular weight excluding hydrogens is 277 g/mol. The quantitative estimate of drug-likeness (QED) is 0.828. The summed E-state index contributed by atoms with van der Waals surface area (Å²) in [5.74, 6) is -4.97. The van der Waals surface area contributed by atoms with E-state index in [1.807, 2.05) is 0 Å². The Morgan fingerprint density at radius 1 is 1.45 bits per heavy atom. The Kier molecular flexibility index (Phi) is 3.45. The maximum absolute atomic E-state index is 12.9. The highest BCUT2D eigenvalue weighted by Gasteiger charge is 2.52. The Balaban J connectivity index is 2.22. The van der Waals surface area contributed by atoms with Crippen LogP contribution in [0.3, 0.4) is 0 Å². The van der Waals surface area contributed by atoms with Gasteiger partial charge in [-0.1, -0.05) is 0 Å². The number of aromatic amines is 1. The Hall–Kier alpha value is -2.06. The molecule has 9 heteroatoms. The molecule has 2 rings (SSSR count). The molecule has 2 heterocycles. The maximum atomic E-state index is 12.9. The van der Waals surface area contributed by atoms with Crippen LogP contribution in [0.5, 0.6) is 0 Å². The number of amides is 2.